The lowest BCUT2D eigenvalue weighted by molar-refractivity contribution is 0.106. The highest BCUT2D eigenvalue weighted by Crippen LogP contribution is 2.20. The van der Waals surface area contributed by atoms with Crippen molar-refractivity contribution < 1.29 is 5.11 Å². The van der Waals surface area contributed by atoms with Gasteiger partial charge in [0.05, 0.1) is 0 Å². The molecule has 0 aliphatic carbocycles. The van der Waals surface area contributed by atoms with Gasteiger partial charge in [0, 0.05) is 19.2 Å². The van der Waals surface area contributed by atoms with E-state index in [0.29, 0.717) is 12.5 Å². The van der Waals surface area contributed by atoms with Crippen LogP contribution in [-0.4, -0.2) is 48.8 Å². The molecule has 2 saturated heterocycles. The zero-order valence-corrected chi connectivity index (χ0v) is 9.43. The molecule has 2 fully saturated rings. The number of hydrogen-bond acceptors (Lipinski definition) is 3. The van der Waals surface area contributed by atoms with Crippen molar-refractivity contribution in [2.45, 2.75) is 25.3 Å². The number of piperidine rings is 1. The maximum Gasteiger partial charge on any atom is 0.0460 e. The van der Waals surface area contributed by atoms with Crippen LogP contribution in [-0.2, 0) is 0 Å². The van der Waals surface area contributed by atoms with Crippen LogP contribution in [0.25, 0.3) is 0 Å². The molecule has 0 radical (unpaired) electrons. The maximum atomic E-state index is 9.01. The van der Waals surface area contributed by atoms with Gasteiger partial charge in [0.1, 0.15) is 0 Å². The van der Waals surface area contributed by atoms with Gasteiger partial charge >= 0.3 is 0 Å². The van der Waals surface area contributed by atoms with E-state index in [2.05, 4.69) is 10.2 Å². The summed E-state index contributed by atoms with van der Waals surface area (Å²) in [6.45, 7) is 5.13. The van der Waals surface area contributed by atoms with Crippen molar-refractivity contribution in [3.8, 4) is 0 Å². The summed E-state index contributed by atoms with van der Waals surface area (Å²) in [7, 11) is 0. The number of rotatable bonds is 2. The van der Waals surface area contributed by atoms with Gasteiger partial charge in [-0.25, -0.2) is 0 Å². The molecule has 2 rings (SSSR count). The molecule has 2 aliphatic rings. The van der Waals surface area contributed by atoms with Gasteiger partial charge in [0.25, 0.3) is 0 Å². The number of aliphatic hydroxyl groups is 1. The predicted molar refractivity (Wildman–Crippen MR) is 59.9 cm³/mol. The minimum atomic E-state index is 0. The molecule has 2 aliphatic heterocycles. The molecule has 0 spiro atoms. The molecule has 84 valence electrons. The van der Waals surface area contributed by atoms with Crippen molar-refractivity contribution in [1.29, 1.82) is 0 Å². The van der Waals surface area contributed by atoms with E-state index in [1.54, 1.807) is 0 Å². The molecule has 3 nitrogen and oxygen atoms in total. The summed E-state index contributed by atoms with van der Waals surface area (Å²) in [5.74, 6) is 0.575. The molecule has 2 N–H and O–H groups in total. The van der Waals surface area contributed by atoms with E-state index in [1.165, 1.54) is 45.4 Å². The van der Waals surface area contributed by atoms with Crippen molar-refractivity contribution in [2.75, 3.05) is 32.8 Å². The van der Waals surface area contributed by atoms with Crippen LogP contribution >= 0.6 is 12.4 Å². The molecule has 4 heteroatoms. The summed E-state index contributed by atoms with van der Waals surface area (Å²) >= 11 is 0. The van der Waals surface area contributed by atoms with Crippen LogP contribution < -0.4 is 5.32 Å². The first kappa shape index (κ1) is 12.2. The van der Waals surface area contributed by atoms with Gasteiger partial charge in [-0.15, -0.1) is 12.4 Å². The topological polar surface area (TPSA) is 35.5 Å². The predicted octanol–water partition coefficient (Wildman–Crippen LogP) is 0.474. The van der Waals surface area contributed by atoms with Crippen molar-refractivity contribution in [3.63, 3.8) is 0 Å². The number of nitrogens with one attached hydrogen (secondary N) is 1. The number of aliphatic hydroxyl groups excluding tert-OH is 1. The van der Waals surface area contributed by atoms with Gasteiger partial charge in [-0.05, 0) is 44.8 Å². The molecular formula is C10H21ClN2O. The first-order valence-electron chi connectivity index (χ1n) is 5.46. The molecule has 1 atom stereocenters. The Hall–Kier alpha value is 0.170. The third kappa shape index (κ3) is 2.83. The van der Waals surface area contributed by atoms with Crippen molar-refractivity contribution >= 4 is 12.4 Å². The van der Waals surface area contributed by atoms with Gasteiger partial charge < -0.3 is 10.4 Å². The number of halogens is 1. The third-order valence-corrected chi connectivity index (χ3v) is 3.46. The van der Waals surface area contributed by atoms with Gasteiger partial charge in [-0.2, -0.15) is 0 Å². The Bertz CT molecular complexity index is 154. The fourth-order valence-electron chi connectivity index (χ4n) is 2.45. The average Bonchev–Trinajstić information content (AvgIpc) is 2.71. The van der Waals surface area contributed by atoms with Crippen LogP contribution in [0.5, 0.6) is 0 Å². The lowest BCUT2D eigenvalue weighted by atomic mass is 9.96. The monoisotopic (exact) mass is 220 g/mol. The molecule has 14 heavy (non-hydrogen) atoms. The number of nitrogens with zero attached hydrogens (tertiary/aromatic N) is 1. The van der Waals surface area contributed by atoms with E-state index in [0.717, 1.165) is 6.04 Å². The molecule has 0 saturated carbocycles. The quantitative estimate of drug-likeness (QED) is 0.711. The van der Waals surface area contributed by atoms with E-state index in [4.69, 9.17) is 5.11 Å². The molecule has 1 unspecified atom stereocenters. The van der Waals surface area contributed by atoms with E-state index in [9.17, 15) is 0 Å². The minimum absolute atomic E-state index is 0. The van der Waals surface area contributed by atoms with Crippen LogP contribution in [0.15, 0.2) is 0 Å². The standard InChI is InChI=1S/C10H20N2O.ClH/c13-8-9-2-5-12(6-3-9)10-1-4-11-7-10;/h9-11,13H,1-8H2;1H. The highest BCUT2D eigenvalue weighted by Gasteiger charge is 2.26. The van der Waals surface area contributed by atoms with Crippen LogP contribution in [0.4, 0.5) is 0 Å². The molecule has 0 aromatic rings. The molecular weight excluding hydrogens is 200 g/mol. The molecule has 0 amide bonds. The highest BCUT2D eigenvalue weighted by atomic mass is 35.5. The second-order valence-electron chi connectivity index (χ2n) is 4.31. The largest absolute Gasteiger partial charge is 0.396 e. The van der Waals surface area contributed by atoms with Crippen LogP contribution in [0, 0.1) is 5.92 Å². The van der Waals surface area contributed by atoms with E-state index in [-0.39, 0.29) is 12.4 Å². The first-order chi connectivity index (χ1) is 6.40. The van der Waals surface area contributed by atoms with Crippen LogP contribution in [0.1, 0.15) is 19.3 Å². The fourth-order valence-corrected chi connectivity index (χ4v) is 2.45. The summed E-state index contributed by atoms with van der Waals surface area (Å²) in [5.41, 5.74) is 0. The Balaban J connectivity index is 0.000000980. The lowest BCUT2D eigenvalue weighted by Gasteiger charge is -2.35. The average molecular weight is 221 g/mol. The number of likely N-dealkylation sites (tertiary alicyclic amines) is 1. The molecule has 0 aromatic heterocycles. The van der Waals surface area contributed by atoms with Gasteiger partial charge in [-0.3, -0.25) is 4.90 Å². The van der Waals surface area contributed by atoms with Gasteiger partial charge in [0.15, 0.2) is 0 Å². The lowest BCUT2D eigenvalue weighted by Crippen LogP contribution is -2.42. The fraction of sp³-hybridized carbons (Fsp3) is 1.00. The summed E-state index contributed by atoms with van der Waals surface area (Å²) in [6.07, 6.45) is 3.68. The second kappa shape index (κ2) is 5.91. The Kier molecular flexibility index (Phi) is 5.17. The molecule has 0 bridgehead atoms. The third-order valence-electron chi connectivity index (χ3n) is 3.46. The smallest absolute Gasteiger partial charge is 0.0460 e. The summed E-state index contributed by atoms with van der Waals surface area (Å²) in [6, 6.07) is 0.777. The zero-order chi connectivity index (χ0) is 9.10. The first-order valence-corrected chi connectivity index (χ1v) is 5.46. The Morgan fingerprint density at radius 3 is 2.43 bits per heavy atom. The molecule has 2 heterocycles. The second-order valence-corrected chi connectivity index (χ2v) is 4.31. The highest BCUT2D eigenvalue weighted by molar-refractivity contribution is 5.85. The van der Waals surface area contributed by atoms with Crippen LogP contribution in [0.2, 0.25) is 0 Å². The summed E-state index contributed by atoms with van der Waals surface area (Å²) < 4.78 is 0. The normalized spacial score (nSPS) is 30.2. The number of hydrogen-bond donors (Lipinski definition) is 2. The van der Waals surface area contributed by atoms with Gasteiger partial charge in [-0.1, -0.05) is 0 Å². The van der Waals surface area contributed by atoms with Crippen LogP contribution in [0.3, 0.4) is 0 Å². The van der Waals surface area contributed by atoms with Crippen molar-refractivity contribution in [2.24, 2.45) is 5.92 Å². The van der Waals surface area contributed by atoms with Gasteiger partial charge in [0.2, 0.25) is 0 Å². The molecule has 0 aromatic carbocycles. The Morgan fingerprint density at radius 1 is 1.21 bits per heavy atom. The Morgan fingerprint density at radius 2 is 1.93 bits per heavy atom. The van der Waals surface area contributed by atoms with Crippen molar-refractivity contribution in [1.82, 2.24) is 10.2 Å². The maximum absolute atomic E-state index is 9.01. The van der Waals surface area contributed by atoms with E-state index < -0.39 is 0 Å². The van der Waals surface area contributed by atoms with E-state index >= 15 is 0 Å². The zero-order valence-electron chi connectivity index (χ0n) is 8.61. The SMILES string of the molecule is Cl.OCC1CCN(C2CCNC2)CC1. The Labute approximate surface area is 92.3 Å². The van der Waals surface area contributed by atoms with Crippen molar-refractivity contribution in [3.05, 3.63) is 0 Å². The summed E-state index contributed by atoms with van der Waals surface area (Å²) in [4.78, 5) is 2.59. The van der Waals surface area contributed by atoms with E-state index in [1.807, 2.05) is 0 Å². The minimum Gasteiger partial charge on any atom is -0.396 e. The summed E-state index contributed by atoms with van der Waals surface area (Å²) in [5, 5.41) is 12.4.